The number of rotatable bonds is 6. The molecular weight excluding hydrogens is 514 g/mol. The third-order valence-electron chi connectivity index (χ3n) is 4.72. The number of carbonyl (C=O) groups is 1. The second-order valence-corrected chi connectivity index (χ2v) is 11.4. The molecule has 0 unspecified atom stereocenters. The van der Waals surface area contributed by atoms with Crippen LogP contribution in [0.5, 0.6) is 0 Å². The van der Waals surface area contributed by atoms with Crippen molar-refractivity contribution in [3.8, 4) is 5.69 Å². The van der Waals surface area contributed by atoms with Crippen LogP contribution in [0.25, 0.3) is 16.6 Å². The van der Waals surface area contributed by atoms with Gasteiger partial charge < -0.3 is 4.98 Å². The number of nitrogens with zero attached hydrogens (tertiary/aromatic N) is 1. The maximum absolute atomic E-state index is 14.9. The molecule has 33 heavy (non-hydrogen) atoms. The van der Waals surface area contributed by atoms with E-state index in [0.717, 1.165) is 17.4 Å². The zero-order valence-electron chi connectivity index (χ0n) is 16.5. The van der Waals surface area contributed by atoms with E-state index in [9.17, 15) is 27.2 Å². The number of hydrogen-bond donors (Lipinski definition) is 1. The minimum atomic E-state index is -3.87. The molecule has 0 saturated heterocycles. The van der Waals surface area contributed by atoms with Crippen molar-refractivity contribution in [1.82, 2.24) is 9.55 Å². The molecule has 0 aliphatic carbocycles. The highest BCUT2D eigenvalue weighted by atomic mass is 35.5. The van der Waals surface area contributed by atoms with Crippen LogP contribution in [-0.4, -0.2) is 29.5 Å². The Kier molecular flexibility index (Phi) is 6.28. The Morgan fingerprint density at radius 1 is 1.06 bits per heavy atom. The van der Waals surface area contributed by atoms with Crippen molar-refractivity contribution in [2.75, 3.05) is 5.75 Å². The van der Waals surface area contributed by atoms with Crippen LogP contribution in [0.15, 0.2) is 62.3 Å². The van der Waals surface area contributed by atoms with Crippen LogP contribution in [0.3, 0.4) is 0 Å². The Labute approximate surface area is 199 Å². The lowest BCUT2D eigenvalue weighted by atomic mass is 10.1. The minimum absolute atomic E-state index is 0.0302. The number of sulfone groups is 1. The van der Waals surface area contributed by atoms with Crippen LogP contribution >= 0.6 is 34.5 Å². The predicted molar refractivity (Wildman–Crippen MR) is 125 cm³/mol. The van der Waals surface area contributed by atoms with Gasteiger partial charge in [0.25, 0.3) is 5.56 Å². The molecule has 4 rings (SSSR count). The van der Waals surface area contributed by atoms with Gasteiger partial charge in [-0.25, -0.2) is 22.2 Å². The monoisotopic (exact) mass is 526 g/mol. The number of fused-ring (bicyclic) bond motifs is 1. The Balaban J connectivity index is 1.62. The van der Waals surface area contributed by atoms with Crippen molar-refractivity contribution in [3.05, 3.63) is 90.1 Å². The minimum Gasteiger partial charge on any atom is -0.306 e. The molecule has 0 amide bonds. The smallest absolute Gasteiger partial charge is 0.306 e. The predicted octanol–water partition coefficient (Wildman–Crippen LogP) is 3.77. The van der Waals surface area contributed by atoms with E-state index in [1.165, 1.54) is 42.5 Å². The van der Waals surface area contributed by atoms with Gasteiger partial charge in [-0.3, -0.25) is 9.59 Å². The molecular formula is C21H13Cl2FN2O5S2. The average molecular weight is 527 g/mol. The van der Waals surface area contributed by atoms with Crippen molar-refractivity contribution < 1.29 is 17.6 Å². The molecule has 2 aromatic carbocycles. The Hall–Kier alpha value is -2.79. The van der Waals surface area contributed by atoms with Crippen LogP contribution in [0.4, 0.5) is 4.39 Å². The van der Waals surface area contributed by atoms with Gasteiger partial charge in [-0.15, -0.1) is 11.3 Å². The Morgan fingerprint density at radius 2 is 1.82 bits per heavy atom. The quantitative estimate of drug-likeness (QED) is 0.411. The molecule has 0 saturated carbocycles. The molecule has 0 fully saturated rings. The topological polar surface area (TPSA) is 106 Å². The second kappa shape index (κ2) is 8.86. The van der Waals surface area contributed by atoms with E-state index >= 15 is 0 Å². The normalized spacial score (nSPS) is 11.7. The third-order valence-corrected chi connectivity index (χ3v) is 8.44. The average Bonchev–Trinajstić information content (AvgIpc) is 3.17. The molecule has 12 heteroatoms. The van der Waals surface area contributed by atoms with Gasteiger partial charge in [0.15, 0.2) is 15.6 Å². The second-order valence-electron chi connectivity index (χ2n) is 7.08. The van der Waals surface area contributed by atoms with E-state index in [4.69, 9.17) is 23.2 Å². The van der Waals surface area contributed by atoms with Crippen molar-refractivity contribution >= 4 is 61.1 Å². The molecule has 0 aliphatic rings. The van der Waals surface area contributed by atoms with E-state index in [2.05, 4.69) is 4.98 Å². The number of H-pyrrole nitrogens is 1. The maximum Gasteiger partial charge on any atom is 0.333 e. The van der Waals surface area contributed by atoms with Crippen molar-refractivity contribution in [2.45, 2.75) is 10.6 Å². The third kappa shape index (κ3) is 4.79. The van der Waals surface area contributed by atoms with Crippen LogP contribution < -0.4 is 11.2 Å². The zero-order chi connectivity index (χ0) is 23.9. The summed E-state index contributed by atoms with van der Waals surface area (Å²) in [5.74, 6) is -2.35. The number of aromatic nitrogens is 2. The number of halogens is 3. The lowest BCUT2D eigenvalue weighted by Gasteiger charge is -2.09. The standard InChI is InChI=1S/C21H13Cl2FN2O5S2/c22-12-2-3-16-14(9-12)20(28)26(21(29)25-16)17-4-1-11(8-15(17)24)7-13(27)10-33(30,31)19-6-5-18(23)32-19/h1-6,8-9H,7,10H2,(H,25,29). The maximum atomic E-state index is 14.9. The molecule has 170 valence electrons. The molecule has 4 aromatic rings. The van der Waals surface area contributed by atoms with Gasteiger partial charge in [0.2, 0.25) is 0 Å². The molecule has 1 N–H and O–H groups in total. The number of carbonyl (C=O) groups excluding carboxylic acids is 1. The van der Waals surface area contributed by atoms with Gasteiger partial charge in [0, 0.05) is 11.4 Å². The van der Waals surface area contributed by atoms with Crippen molar-refractivity contribution in [3.63, 3.8) is 0 Å². The van der Waals surface area contributed by atoms with Crippen molar-refractivity contribution in [2.24, 2.45) is 0 Å². The number of ketones is 1. The first kappa shape index (κ1) is 23.4. The molecule has 0 bridgehead atoms. The Bertz CT molecular complexity index is 1640. The van der Waals surface area contributed by atoms with E-state index in [0.29, 0.717) is 4.57 Å². The molecule has 2 aromatic heterocycles. The molecule has 2 heterocycles. The van der Waals surface area contributed by atoms with Gasteiger partial charge in [-0.1, -0.05) is 29.3 Å². The first-order valence-electron chi connectivity index (χ1n) is 9.28. The fraction of sp³-hybridized carbons (Fsp3) is 0.0952. The Morgan fingerprint density at radius 3 is 2.48 bits per heavy atom. The van der Waals surface area contributed by atoms with Crippen LogP contribution in [0.1, 0.15) is 5.56 Å². The van der Waals surface area contributed by atoms with E-state index < -0.39 is 38.4 Å². The number of aromatic amines is 1. The van der Waals surface area contributed by atoms with Gasteiger partial charge >= 0.3 is 5.69 Å². The summed E-state index contributed by atoms with van der Waals surface area (Å²) in [5.41, 5.74) is -1.49. The molecule has 7 nitrogen and oxygen atoms in total. The van der Waals surface area contributed by atoms with E-state index in [-0.39, 0.29) is 42.1 Å². The summed E-state index contributed by atoms with van der Waals surface area (Å²) in [4.78, 5) is 40.0. The highest BCUT2D eigenvalue weighted by Crippen LogP contribution is 2.26. The largest absolute Gasteiger partial charge is 0.333 e. The number of Topliss-reactive ketones (excluding diaryl/α,β-unsaturated/α-hetero) is 1. The van der Waals surface area contributed by atoms with Crippen LogP contribution in [0, 0.1) is 5.82 Å². The number of benzene rings is 2. The van der Waals surface area contributed by atoms with E-state index in [1.807, 2.05) is 0 Å². The first-order valence-corrected chi connectivity index (χ1v) is 12.5. The summed E-state index contributed by atoms with van der Waals surface area (Å²) in [6.07, 6.45) is -0.353. The summed E-state index contributed by atoms with van der Waals surface area (Å²) >= 11 is 12.5. The summed E-state index contributed by atoms with van der Waals surface area (Å²) in [5, 5.41) is 0.368. The summed E-state index contributed by atoms with van der Waals surface area (Å²) in [6.45, 7) is 0. The lowest BCUT2D eigenvalue weighted by Crippen LogP contribution is -2.34. The SMILES string of the molecule is O=C(Cc1ccc(-n2c(=O)[nH]c3ccc(Cl)cc3c2=O)c(F)c1)CS(=O)(=O)c1ccc(Cl)s1. The van der Waals surface area contributed by atoms with E-state index in [1.54, 1.807) is 0 Å². The van der Waals surface area contributed by atoms with Crippen LogP contribution in [-0.2, 0) is 21.1 Å². The lowest BCUT2D eigenvalue weighted by molar-refractivity contribution is -0.116. The molecule has 0 atom stereocenters. The summed E-state index contributed by atoms with van der Waals surface area (Å²) < 4.78 is 40.4. The summed E-state index contributed by atoms with van der Waals surface area (Å²) in [7, 11) is -3.87. The number of thiophene rings is 1. The van der Waals surface area contributed by atoms with Crippen LogP contribution in [0.2, 0.25) is 9.36 Å². The fourth-order valence-corrected chi connectivity index (χ4v) is 6.26. The highest BCUT2D eigenvalue weighted by molar-refractivity contribution is 7.94. The van der Waals surface area contributed by atoms with Gasteiger partial charge in [0.05, 0.1) is 20.9 Å². The van der Waals surface area contributed by atoms with Gasteiger partial charge in [-0.05, 0) is 48.0 Å². The highest BCUT2D eigenvalue weighted by Gasteiger charge is 2.22. The first-order chi connectivity index (χ1) is 15.5. The number of hydrogen-bond acceptors (Lipinski definition) is 6. The molecule has 0 spiro atoms. The summed E-state index contributed by atoms with van der Waals surface area (Å²) in [6, 6.07) is 10.6. The van der Waals surface area contributed by atoms with Gasteiger partial charge in [-0.2, -0.15) is 0 Å². The van der Waals surface area contributed by atoms with Gasteiger partial charge in [0.1, 0.15) is 15.8 Å². The molecule has 0 aliphatic heterocycles. The zero-order valence-corrected chi connectivity index (χ0v) is 19.6. The fourth-order valence-electron chi connectivity index (χ4n) is 3.27. The van der Waals surface area contributed by atoms with Crippen molar-refractivity contribution in [1.29, 1.82) is 0 Å². The molecule has 0 radical (unpaired) electrons. The number of nitrogens with one attached hydrogen (secondary N) is 1.